The lowest BCUT2D eigenvalue weighted by molar-refractivity contribution is -0.137. The molecule has 2 aromatic rings. The first kappa shape index (κ1) is 11.0. The summed E-state index contributed by atoms with van der Waals surface area (Å²) < 4.78 is 0. The molecule has 0 saturated carbocycles. The Labute approximate surface area is 97.2 Å². The average Bonchev–Trinajstić information content (AvgIpc) is 2.64. The molecule has 84 valence electrons. The molecule has 5 heteroatoms. The van der Waals surface area contributed by atoms with Gasteiger partial charge in [0.2, 0.25) is 0 Å². The highest BCUT2D eigenvalue weighted by molar-refractivity contribution is 6.35. The van der Waals surface area contributed by atoms with Crippen LogP contribution in [-0.4, -0.2) is 21.3 Å². The number of nitrogens with one attached hydrogen (secondary N) is 1. The first-order chi connectivity index (χ1) is 7.58. The fourth-order valence-electron chi connectivity index (χ4n) is 1.70. The van der Waals surface area contributed by atoms with Crippen LogP contribution in [0.15, 0.2) is 18.3 Å². The Morgan fingerprint density at radius 3 is 3.06 bits per heavy atom. The number of benzene rings is 1. The number of H-pyrrole nitrogens is 1. The minimum atomic E-state index is -0.809. The highest BCUT2D eigenvalue weighted by Crippen LogP contribution is 2.28. The van der Waals surface area contributed by atoms with Crippen molar-refractivity contribution in [1.29, 1.82) is 0 Å². The summed E-state index contributed by atoms with van der Waals surface area (Å²) in [6.07, 6.45) is 1.78. The van der Waals surface area contributed by atoms with Crippen LogP contribution in [0.5, 0.6) is 0 Å². The molecule has 1 unspecified atom stereocenters. The van der Waals surface area contributed by atoms with Crippen LogP contribution in [0.4, 0.5) is 0 Å². The fraction of sp³-hybridized carbons (Fsp3) is 0.273. The summed E-state index contributed by atoms with van der Waals surface area (Å²) in [6.45, 7) is 1.87. The van der Waals surface area contributed by atoms with Gasteiger partial charge in [0.15, 0.2) is 0 Å². The second kappa shape index (κ2) is 4.14. The number of aromatic nitrogens is 2. The van der Waals surface area contributed by atoms with E-state index >= 15 is 0 Å². The van der Waals surface area contributed by atoms with Gasteiger partial charge in [-0.05, 0) is 23.6 Å². The van der Waals surface area contributed by atoms with Gasteiger partial charge in [-0.1, -0.05) is 18.5 Å². The normalized spacial score (nSPS) is 12.9. The largest absolute Gasteiger partial charge is 0.481 e. The third kappa shape index (κ3) is 2.02. The Hall–Kier alpha value is -1.55. The zero-order valence-corrected chi connectivity index (χ0v) is 9.45. The second-order valence-corrected chi connectivity index (χ2v) is 4.24. The predicted molar refractivity (Wildman–Crippen MR) is 61.8 cm³/mol. The molecule has 0 amide bonds. The van der Waals surface area contributed by atoms with Crippen molar-refractivity contribution in [3.8, 4) is 0 Å². The first-order valence-corrected chi connectivity index (χ1v) is 5.30. The van der Waals surface area contributed by atoms with Crippen LogP contribution in [0.25, 0.3) is 10.9 Å². The molecule has 1 aromatic heterocycles. The number of fused-ring (bicyclic) bond motifs is 1. The van der Waals surface area contributed by atoms with Gasteiger partial charge in [0.25, 0.3) is 0 Å². The van der Waals surface area contributed by atoms with Crippen LogP contribution < -0.4 is 0 Å². The Balaban J connectivity index is 2.41. The molecule has 2 rings (SSSR count). The highest BCUT2D eigenvalue weighted by atomic mass is 35.5. The highest BCUT2D eigenvalue weighted by Gasteiger charge is 2.13. The van der Waals surface area contributed by atoms with Crippen LogP contribution in [0, 0.1) is 0 Å². The molecule has 2 N–H and O–H groups in total. The molecule has 0 saturated heterocycles. The van der Waals surface area contributed by atoms with E-state index in [0.717, 1.165) is 16.5 Å². The quantitative estimate of drug-likeness (QED) is 0.864. The van der Waals surface area contributed by atoms with Gasteiger partial charge < -0.3 is 5.11 Å². The second-order valence-electron chi connectivity index (χ2n) is 3.84. The molecule has 16 heavy (non-hydrogen) atoms. The summed E-state index contributed by atoms with van der Waals surface area (Å²) in [5, 5.41) is 16.9. The molecule has 1 heterocycles. The third-order valence-electron chi connectivity index (χ3n) is 2.57. The minimum absolute atomic E-state index is 0.0608. The summed E-state index contributed by atoms with van der Waals surface area (Å²) in [4.78, 5) is 10.6. The van der Waals surface area contributed by atoms with E-state index in [9.17, 15) is 4.79 Å². The number of halogens is 1. The van der Waals surface area contributed by atoms with Crippen LogP contribution in [0.1, 0.15) is 24.8 Å². The van der Waals surface area contributed by atoms with Crippen molar-refractivity contribution in [3.05, 3.63) is 28.9 Å². The first-order valence-electron chi connectivity index (χ1n) is 4.92. The maximum Gasteiger partial charge on any atom is 0.303 e. The number of aromatic amines is 1. The van der Waals surface area contributed by atoms with Gasteiger partial charge in [0, 0.05) is 5.39 Å². The molecule has 0 aliphatic carbocycles. The Morgan fingerprint density at radius 1 is 1.62 bits per heavy atom. The molecule has 0 spiro atoms. The predicted octanol–water partition coefficient (Wildman–Crippen LogP) is 2.79. The van der Waals surface area contributed by atoms with Crippen molar-refractivity contribution >= 4 is 28.5 Å². The van der Waals surface area contributed by atoms with Crippen molar-refractivity contribution in [2.75, 3.05) is 0 Å². The van der Waals surface area contributed by atoms with Crippen molar-refractivity contribution in [2.24, 2.45) is 0 Å². The van der Waals surface area contributed by atoms with Gasteiger partial charge in [0.05, 0.1) is 23.2 Å². The topological polar surface area (TPSA) is 66.0 Å². The number of carboxylic acid groups (broad SMARTS) is 1. The van der Waals surface area contributed by atoms with Crippen LogP contribution in [-0.2, 0) is 4.79 Å². The number of aliphatic carboxylic acids is 1. The zero-order chi connectivity index (χ0) is 11.7. The van der Waals surface area contributed by atoms with Gasteiger partial charge in [-0.25, -0.2) is 0 Å². The van der Waals surface area contributed by atoms with Crippen molar-refractivity contribution in [3.63, 3.8) is 0 Å². The van der Waals surface area contributed by atoms with E-state index in [4.69, 9.17) is 16.7 Å². The maximum absolute atomic E-state index is 10.6. The van der Waals surface area contributed by atoms with E-state index < -0.39 is 5.97 Å². The lowest BCUT2D eigenvalue weighted by atomic mass is 9.97. The molecular formula is C11H11ClN2O2. The molecule has 0 bridgehead atoms. The SMILES string of the molecule is CC(CC(=O)O)c1cc(Cl)c2[nH]ncc2c1. The standard InChI is InChI=1S/C11H11ClN2O2/c1-6(2-10(15)16)7-3-8-5-13-14-11(8)9(12)4-7/h3-6H,2H2,1H3,(H,13,14)(H,15,16). The molecule has 0 radical (unpaired) electrons. The molecule has 1 aromatic carbocycles. The van der Waals surface area contributed by atoms with E-state index in [1.807, 2.05) is 13.0 Å². The Bertz CT molecular complexity index is 536. The number of hydrogen-bond donors (Lipinski definition) is 2. The van der Waals surface area contributed by atoms with Gasteiger partial charge >= 0.3 is 5.97 Å². The number of rotatable bonds is 3. The molecule has 0 aliphatic rings. The van der Waals surface area contributed by atoms with Crippen LogP contribution in [0.3, 0.4) is 0 Å². The van der Waals surface area contributed by atoms with Crippen molar-refractivity contribution < 1.29 is 9.90 Å². The van der Waals surface area contributed by atoms with Gasteiger partial charge in [-0.15, -0.1) is 0 Å². The summed E-state index contributed by atoms with van der Waals surface area (Å²) >= 11 is 6.07. The number of hydrogen-bond acceptors (Lipinski definition) is 2. The zero-order valence-electron chi connectivity index (χ0n) is 8.70. The number of carboxylic acids is 1. The third-order valence-corrected chi connectivity index (χ3v) is 2.87. The molecule has 1 atom stereocenters. The lowest BCUT2D eigenvalue weighted by Gasteiger charge is -2.09. The van der Waals surface area contributed by atoms with E-state index in [1.54, 1.807) is 12.3 Å². The van der Waals surface area contributed by atoms with Gasteiger partial charge in [-0.2, -0.15) is 5.10 Å². The lowest BCUT2D eigenvalue weighted by Crippen LogP contribution is -2.02. The van der Waals surface area contributed by atoms with Crippen LogP contribution in [0.2, 0.25) is 5.02 Å². The number of carbonyl (C=O) groups is 1. The number of nitrogens with zero attached hydrogens (tertiary/aromatic N) is 1. The maximum atomic E-state index is 10.6. The summed E-state index contributed by atoms with van der Waals surface area (Å²) in [5.74, 6) is -0.870. The van der Waals surface area contributed by atoms with E-state index in [-0.39, 0.29) is 12.3 Å². The summed E-state index contributed by atoms with van der Waals surface area (Å²) in [7, 11) is 0. The van der Waals surface area contributed by atoms with Gasteiger partial charge in [0.1, 0.15) is 0 Å². The van der Waals surface area contributed by atoms with E-state index in [1.165, 1.54) is 0 Å². The monoisotopic (exact) mass is 238 g/mol. The molecule has 0 fully saturated rings. The van der Waals surface area contributed by atoms with E-state index in [2.05, 4.69) is 10.2 Å². The van der Waals surface area contributed by atoms with E-state index in [0.29, 0.717) is 5.02 Å². The molecular weight excluding hydrogens is 228 g/mol. The minimum Gasteiger partial charge on any atom is -0.481 e. The summed E-state index contributed by atoms with van der Waals surface area (Å²) in [6, 6.07) is 3.70. The average molecular weight is 239 g/mol. The Morgan fingerprint density at radius 2 is 2.38 bits per heavy atom. The van der Waals surface area contributed by atoms with Crippen molar-refractivity contribution in [2.45, 2.75) is 19.3 Å². The van der Waals surface area contributed by atoms with Crippen LogP contribution >= 0.6 is 11.6 Å². The van der Waals surface area contributed by atoms with Gasteiger partial charge in [-0.3, -0.25) is 9.89 Å². The smallest absolute Gasteiger partial charge is 0.303 e. The molecule has 0 aliphatic heterocycles. The Kier molecular flexibility index (Phi) is 2.83. The molecule has 4 nitrogen and oxygen atoms in total. The van der Waals surface area contributed by atoms with Crippen molar-refractivity contribution in [1.82, 2.24) is 10.2 Å². The fourth-order valence-corrected chi connectivity index (χ4v) is 1.98. The summed E-state index contributed by atoms with van der Waals surface area (Å²) in [5.41, 5.74) is 1.70.